The van der Waals surface area contributed by atoms with E-state index in [1.54, 1.807) is 7.11 Å². The first kappa shape index (κ1) is 20.8. The molecule has 1 aromatic heterocycles. The molecule has 1 aliphatic heterocycles. The van der Waals surface area contributed by atoms with Gasteiger partial charge in [0.15, 0.2) is 0 Å². The Morgan fingerprint density at radius 3 is 2.73 bits per heavy atom. The third-order valence-electron chi connectivity index (χ3n) is 6.09. The highest BCUT2D eigenvalue weighted by atomic mass is 32.1. The van der Waals surface area contributed by atoms with E-state index in [1.165, 1.54) is 11.3 Å². The highest BCUT2D eigenvalue weighted by molar-refractivity contribution is 7.17. The fourth-order valence-electron chi connectivity index (χ4n) is 4.45. The summed E-state index contributed by atoms with van der Waals surface area (Å²) in [6, 6.07) is 12.7. The maximum atomic E-state index is 13.3. The van der Waals surface area contributed by atoms with Crippen molar-refractivity contribution in [1.29, 1.82) is 0 Å². The van der Waals surface area contributed by atoms with Gasteiger partial charge in [-0.2, -0.15) is 0 Å². The molecule has 3 aromatic rings. The highest BCUT2D eigenvalue weighted by Crippen LogP contribution is 2.40. The number of ether oxygens (including phenoxy) is 1. The molecular formula is C24H29N3O2S. The summed E-state index contributed by atoms with van der Waals surface area (Å²) in [6.07, 6.45) is 1.04. The Morgan fingerprint density at radius 1 is 1.23 bits per heavy atom. The van der Waals surface area contributed by atoms with Gasteiger partial charge in [0.1, 0.15) is 15.6 Å². The summed E-state index contributed by atoms with van der Waals surface area (Å²) >= 11 is 1.48. The first-order chi connectivity index (χ1) is 14.6. The third kappa shape index (κ3) is 3.70. The van der Waals surface area contributed by atoms with Gasteiger partial charge in [0, 0.05) is 19.1 Å². The predicted octanol–water partition coefficient (Wildman–Crippen LogP) is 4.84. The van der Waals surface area contributed by atoms with Crippen molar-refractivity contribution >= 4 is 28.0 Å². The predicted molar refractivity (Wildman–Crippen MR) is 124 cm³/mol. The van der Waals surface area contributed by atoms with Crippen molar-refractivity contribution in [1.82, 2.24) is 14.8 Å². The van der Waals surface area contributed by atoms with Gasteiger partial charge in [-0.05, 0) is 43.3 Å². The topological polar surface area (TPSA) is 45.7 Å². The van der Waals surface area contributed by atoms with Crippen LogP contribution >= 0.6 is 11.3 Å². The molecule has 2 aromatic carbocycles. The molecule has 5 nitrogen and oxygen atoms in total. The molecule has 158 valence electrons. The van der Waals surface area contributed by atoms with E-state index in [9.17, 15) is 4.79 Å². The minimum absolute atomic E-state index is 0.102. The number of fused-ring (bicyclic) bond motifs is 1. The standard InChI is InChI=1S/C24H29N3O2S/c1-5-26(6-2)18-13-14-27(15-18)24(28)22-16(3)25-23(30-22)21-19-10-8-7-9-17(19)11-12-20(21)29-4/h7-12,18H,5-6,13-15H2,1-4H3. The average molecular weight is 424 g/mol. The molecule has 2 heterocycles. The summed E-state index contributed by atoms with van der Waals surface area (Å²) < 4.78 is 5.65. The smallest absolute Gasteiger partial charge is 0.265 e. The van der Waals surface area contributed by atoms with Crippen molar-refractivity contribution in [3.05, 3.63) is 47.0 Å². The summed E-state index contributed by atoms with van der Waals surface area (Å²) in [6.45, 7) is 9.95. The van der Waals surface area contributed by atoms with Crippen molar-refractivity contribution < 1.29 is 9.53 Å². The van der Waals surface area contributed by atoms with E-state index in [4.69, 9.17) is 9.72 Å². The average Bonchev–Trinajstić information content (AvgIpc) is 3.40. The maximum Gasteiger partial charge on any atom is 0.265 e. The zero-order chi connectivity index (χ0) is 21.3. The zero-order valence-corrected chi connectivity index (χ0v) is 19.0. The minimum Gasteiger partial charge on any atom is -0.496 e. The van der Waals surface area contributed by atoms with E-state index in [0.717, 1.165) is 70.3 Å². The van der Waals surface area contributed by atoms with Gasteiger partial charge >= 0.3 is 0 Å². The number of amides is 1. The Balaban J connectivity index is 1.67. The lowest BCUT2D eigenvalue weighted by Crippen LogP contribution is -2.38. The van der Waals surface area contributed by atoms with Crippen LogP contribution in [0.2, 0.25) is 0 Å². The van der Waals surface area contributed by atoms with Gasteiger partial charge in [-0.3, -0.25) is 9.69 Å². The van der Waals surface area contributed by atoms with E-state index in [1.807, 2.05) is 30.0 Å². The lowest BCUT2D eigenvalue weighted by atomic mass is 10.0. The summed E-state index contributed by atoms with van der Waals surface area (Å²) in [7, 11) is 1.68. The quantitative estimate of drug-likeness (QED) is 0.569. The number of rotatable bonds is 6. The number of nitrogens with zero attached hydrogens (tertiary/aromatic N) is 3. The highest BCUT2D eigenvalue weighted by Gasteiger charge is 2.31. The number of carbonyl (C=O) groups is 1. The van der Waals surface area contributed by atoms with Gasteiger partial charge in [0.25, 0.3) is 5.91 Å². The molecule has 1 saturated heterocycles. The molecule has 0 bridgehead atoms. The number of aromatic nitrogens is 1. The van der Waals surface area contributed by atoms with Gasteiger partial charge in [-0.25, -0.2) is 4.98 Å². The third-order valence-corrected chi connectivity index (χ3v) is 7.26. The van der Waals surface area contributed by atoms with Crippen LogP contribution in [0.25, 0.3) is 21.3 Å². The molecule has 1 aliphatic rings. The van der Waals surface area contributed by atoms with Crippen LogP contribution in [-0.2, 0) is 0 Å². The van der Waals surface area contributed by atoms with Crippen molar-refractivity contribution in [3.8, 4) is 16.3 Å². The van der Waals surface area contributed by atoms with Gasteiger partial charge in [-0.1, -0.05) is 44.2 Å². The summed E-state index contributed by atoms with van der Waals surface area (Å²) in [5.74, 6) is 0.884. The number of hydrogen-bond donors (Lipinski definition) is 0. The lowest BCUT2D eigenvalue weighted by Gasteiger charge is -2.26. The number of aryl methyl sites for hydroxylation is 1. The molecule has 0 saturated carbocycles. The van der Waals surface area contributed by atoms with E-state index >= 15 is 0 Å². The number of thiazole rings is 1. The lowest BCUT2D eigenvalue weighted by molar-refractivity contribution is 0.0782. The molecule has 1 fully saturated rings. The summed E-state index contributed by atoms with van der Waals surface area (Å²) in [5.41, 5.74) is 1.76. The van der Waals surface area contributed by atoms with E-state index < -0.39 is 0 Å². The van der Waals surface area contributed by atoms with Crippen LogP contribution in [-0.4, -0.2) is 60.0 Å². The normalized spacial score (nSPS) is 16.6. The van der Waals surface area contributed by atoms with Crippen LogP contribution in [0.3, 0.4) is 0 Å². The number of likely N-dealkylation sites (tertiary alicyclic amines) is 1. The molecule has 1 unspecified atom stereocenters. The molecule has 0 N–H and O–H groups in total. The number of carbonyl (C=O) groups excluding carboxylic acids is 1. The van der Waals surface area contributed by atoms with Crippen molar-refractivity contribution in [2.75, 3.05) is 33.3 Å². The second-order valence-corrected chi connectivity index (χ2v) is 8.71. The molecule has 0 spiro atoms. The molecule has 0 aliphatic carbocycles. The van der Waals surface area contributed by atoms with Crippen LogP contribution in [0.1, 0.15) is 35.6 Å². The van der Waals surface area contributed by atoms with E-state index in [0.29, 0.717) is 6.04 Å². The second kappa shape index (κ2) is 8.74. The Hall–Kier alpha value is -2.44. The molecule has 6 heteroatoms. The molecule has 30 heavy (non-hydrogen) atoms. The SMILES string of the molecule is CCN(CC)C1CCN(C(=O)c2sc(-c3c(OC)ccc4ccccc34)nc2C)C1. The van der Waals surface area contributed by atoms with Crippen LogP contribution in [0.5, 0.6) is 5.75 Å². The van der Waals surface area contributed by atoms with Gasteiger partial charge < -0.3 is 9.64 Å². The Morgan fingerprint density at radius 2 is 2.00 bits per heavy atom. The number of likely N-dealkylation sites (N-methyl/N-ethyl adjacent to an activating group) is 1. The maximum absolute atomic E-state index is 13.3. The summed E-state index contributed by atoms with van der Waals surface area (Å²) in [5, 5.41) is 3.06. The zero-order valence-electron chi connectivity index (χ0n) is 18.1. The Labute approximate surface area is 182 Å². The molecular weight excluding hydrogens is 394 g/mol. The number of methoxy groups -OCH3 is 1. The van der Waals surface area contributed by atoms with Crippen molar-refractivity contribution in [2.45, 2.75) is 33.2 Å². The fourth-order valence-corrected chi connectivity index (χ4v) is 5.55. The van der Waals surface area contributed by atoms with Gasteiger partial charge in [0.05, 0.1) is 18.4 Å². The molecule has 4 rings (SSSR count). The molecule has 1 amide bonds. The number of hydrogen-bond acceptors (Lipinski definition) is 5. The van der Waals surface area contributed by atoms with Crippen LogP contribution in [0.4, 0.5) is 0 Å². The Kier molecular flexibility index (Phi) is 6.06. The van der Waals surface area contributed by atoms with Crippen LogP contribution in [0, 0.1) is 6.92 Å². The monoisotopic (exact) mass is 423 g/mol. The van der Waals surface area contributed by atoms with Crippen LogP contribution in [0.15, 0.2) is 36.4 Å². The van der Waals surface area contributed by atoms with Gasteiger partial charge in [-0.15, -0.1) is 11.3 Å². The minimum atomic E-state index is 0.102. The van der Waals surface area contributed by atoms with Crippen LogP contribution < -0.4 is 4.74 Å². The van der Waals surface area contributed by atoms with Crippen molar-refractivity contribution in [3.63, 3.8) is 0 Å². The van der Waals surface area contributed by atoms with E-state index in [2.05, 4.69) is 36.9 Å². The second-order valence-electron chi connectivity index (χ2n) is 7.71. The molecule has 1 atom stereocenters. The van der Waals surface area contributed by atoms with Crippen molar-refractivity contribution in [2.24, 2.45) is 0 Å². The number of benzene rings is 2. The first-order valence-corrected chi connectivity index (χ1v) is 11.5. The van der Waals surface area contributed by atoms with E-state index in [-0.39, 0.29) is 5.91 Å². The Bertz CT molecular complexity index is 1060. The largest absolute Gasteiger partial charge is 0.496 e. The fraction of sp³-hybridized carbons (Fsp3) is 0.417. The van der Waals surface area contributed by atoms with Gasteiger partial charge in [0.2, 0.25) is 0 Å². The summed E-state index contributed by atoms with van der Waals surface area (Å²) in [4.78, 5) is 23.3. The first-order valence-electron chi connectivity index (χ1n) is 10.6. The molecule has 0 radical (unpaired) electrons.